The number of carbonyl (C=O) groups excluding carboxylic acids is 1. The molecule has 0 spiro atoms. The number of amidine groups is 1. The van der Waals surface area contributed by atoms with Gasteiger partial charge in [-0.25, -0.2) is 8.42 Å². The molecule has 10 heteroatoms. The van der Waals surface area contributed by atoms with Gasteiger partial charge in [-0.1, -0.05) is 89.9 Å². The lowest BCUT2D eigenvalue weighted by Crippen LogP contribution is -2.46. The Balaban J connectivity index is 1.11. The van der Waals surface area contributed by atoms with Crippen LogP contribution in [0.25, 0.3) is 11.1 Å². The topological polar surface area (TPSA) is 82.1 Å². The van der Waals surface area contributed by atoms with E-state index in [1.165, 1.54) is 28.1 Å². The highest BCUT2D eigenvalue weighted by atomic mass is 35.5. The highest BCUT2D eigenvalue weighted by Crippen LogP contribution is 2.48. The van der Waals surface area contributed by atoms with Crippen LogP contribution in [0.15, 0.2) is 101 Å². The van der Waals surface area contributed by atoms with Gasteiger partial charge in [0.25, 0.3) is 10.0 Å². The third-order valence-electron chi connectivity index (χ3n) is 9.19. The first-order valence-electron chi connectivity index (χ1n) is 15.6. The number of para-hydroxylation sites is 1. The highest BCUT2D eigenvalue weighted by Gasteiger charge is 2.43. The average Bonchev–Trinajstić information content (AvgIpc) is 3.62. The second-order valence-electron chi connectivity index (χ2n) is 12.1. The van der Waals surface area contributed by atoms with E-state index in [0.717, 1.165) is 68.0 Å². The number of hydrogen-bond acceptors (Lipinski definition) is 6. The summed E-state index contributed by atoms with van der Waals surface area (Å²) in [5.41, 5.74) is 5.18. The van der Waals surface area contributed by atoms with E-state index in [1.54, 1.807) is 12.1 Å². The number of piperidine rings is 1. The first-order chi connectivity index (χ1) is 22.3. The Labute approximate surface area is 279 Å². The second kappa shape index (κ2) is 12.8. The van der Waals surface area contributed by atoms with Crippen molar-refractivity contribution in [1.29, 1.82) is 0 Å². The number of nitrogens with one attached hydrogen (secondary N) is 1. The Bertz CT molecular complexity index is 1920. The fourth-order valence-corrected chi connectivity index (χ4v) is 8.87. The predicted molar refractivity (Wildman–Crippen MR) is 184 cm³/mol. The van der Waals surface area contributed by atoms with Crippen LogP contribution in [-0.2, 0) is 21.2 Å². The van der Waals surface area contributed by atoms with Gasteiger partial charge in [-0.05, 0) is 79.2 Å². The van der Waals surface area contributed by atoms with Crippen molar-refractivity contribution in [3.05, 3.63) is 118 Å². The van der Waals surface area contributed by atoms with Crippen LogP contribution < -0.4 is 9.62 Å². The minimum absolute atomic E-state index is 0.0183. The average molecular weight is 674 g/mol. The van der Waals surface area contributed by atoms with Crippen molar-refractivity contribution in [3.8, 4) is 11.1 Å². The van der Waals surface area contributed by atoms with E-state index < -0.39 is 16.1 Å². The zero-order valence-electron chi connectivity index (χ0n) is 25.2. The summed E-state index contributed by atoms with van der Waals surface area (Å²) in [5.74, 6) is 1.33. The van der Waals surface area contributed by atoms with Gasteiger partial charge in [0.15, 0.2) is 5.78 Å². The van der Waals surface area contributed by atoms with E-state index in [-0.39, 0.29) is 27.3 Å². The number of ketones is 1. The maximum absolute atomic E-state index is 14.4. The monoisotopic (exact) mass is 672 g/mol. The minimum atomic E-state index is -4.20. The molecule has 1 fully saturated rings. The summed E-state index contributed by atoms with van der Waals surface area (Å²) in [4.78, 5) is 21.0. The summed E-state index contributed by atoms with van der Waals surface area (Å²) < 4.78 is 30.1. The lowest BCUT2D eigenvalue weighted by atomic mass is 9.87. The van der Waals surface area contributed by atoms with Crippen LogP contribution in [-0.4, -0.2) is 57.7 Å². The Morgan fingerprint density at radius 2 is 1.59 bits per heavy atom. The first-order valence-corrected chi connectivity index (χ1v) is 17.8. The second-order valence-corrected chi connectivity index (χ2v) is 14.8. The van der Waals surface area contributed by atoms with Crippen molar-refractivity contribution in [2.75, 3.05) is 37.0 Å². The molecule has 0 saturated carbocycles. The minimum Gasteiger partial charge on any atom is -0.368 e. The van der Waals surface area contributed by atoms with Gasteiger partial charge in [0, 0.05) is 17.7 Å². The van der Waals surface area contributed by atoms with Gasteiger partial charge in [-0.3, -0.25) is 19.0 Å². The number of benzene rings is 4. The van der Waals surface area contributed by atoms with Gasteiger partial charge in [-0.15, -0.1) is 0 Å². The maximum Gasteiger partial charge on any atom is 0.265 e. The molecule has 1 atom stereocenters. The van der Waals surface area contributed by atoms with Gasteiger partial charge < -0.3 is 5.32 Å². The Morgan fingerprint density at radius 1 is 0.870 bits per heavy atom. The van der Waals surface area contributed by atoms with Gasteiger partial charge in [-0.2, -0.15) is 0 Å². The number of aliphatic imine (C=N–C) groups is 1. The molecule has 0 bridgehead atoms. The number of anilines is 1. The molecule has 236 valence electrons. The first kappa shape index (κ1) is 30.9. The molecule has 4 aromatic rings. The van der Waals surface area contributed by atoms with Crippen LogP contribution in [0.2, 0.25) is 10.0 Å². The molecule has 1 N–H and O–H groups in total. The van der Waals surface area contributed by atoms with Crippen molar-refractivity contribution in [2.45, 2.75) is 30.2 Å². The molecule has 3 aliphatic rings. The lowest BCUT2D eigenvalue weighted by Gasteiger charge is -2.39. The summed E-state index contributed by atoms with van der Waals surface area (Å²) in [6.45, 7) is 3.43. The number of likely N-dealkylation sites (tertiary alicyclic amines) is 1. The molecule has 1 saturated heterocycles. The zero-order valence-corrected chi connectivity index (χ0v) is 27.5. The van der Waals surface area contributed by atoms with E-state index in [1.807, 2.05) is 36.4 Å². The molecule has 7 rings (SSSR count). The van der Waals surface area contributed by atoms with Gasteiger partial charge >= 0.3 is 0 Å². The highest BCUT2D eigenvalue weighted by molar-refractivity contribution is 7.93. The smallest absolute Gasteiger partial charge is 0.265 e. The molecule has 7 nitrogen and oxygen atoms in total. The Kier molecular flexibility index (Phi) is 8.63. The third kappa shape index (κ3) is 5.95. The van der Waals surface area contributed by atoms with Crippen molar-refractivity contribution in [1.82, 2.24) is 10.2 Å². The van der Waals surface area contributed by atoms with Crippen LogP contribution in [0.5, 0.6) is 0 Å². The number of halogens is 2. The molecule has 0 amide bonds. The zero-order chi connectivity index (χ0) is 31.8. The number of nitrogens with zero attached hydrogens (tertiary/aromatic N) is 3. The number of hydrogen-bond donors (Lipinski definition) is 1. The normalized spacial score (nSPS) is 18.4. The van der Waals surface area contributed by atoms with Gasteiger partial charge in [0.05, 0.1) is 33.7 Å². The van der Waals surface area contributed by atoms with E-state index >= 15 is 0 Å². The molecular weight excluding hydrogens is 639 g/mol. The van der Waals surface area contributed by atoms with Gasteiger partial charge in [0.2, 0.25) is 0 Å². The summed E-state index contributed by atoms with van der Waals surface area (Å²) in [6.07, 6.45) is 2.93. The summed E-state index contributed by atoms with van der Waals surface area (Å²) in [6, 6.07) is 26.8. The molecular formula is C36H34Cl2N4O3S. The maximum atomic E-state index is 14.4. The Hall–Kier alpha value is -3.69. The largest absolute Gasteiger partial charge is 0.368 e. The molecule has 0 aromatic heterocycles. The van der Waals surface area contributed by atoms with E-state index in [4.69, 9.17) is 23.2 Å². The van der Waals surface area contributed by atoms with Gasteiger partial charge in [0.1, 0.15) is 11.9 Å². The van der Waals surface area contributed by atoms with Crippen molar-refractivity contribution >= 4 is 50.5 Å². The standard InChI is InChI=1S/C36H34Cl2N4O3S/c37-31-14-13-27(22-32(31)38)46(44,45)42-33-8-4-3-6-29(33)28-5-1-2-7-30(28)35(42)34(43)23-41-19-15-25(16-20-41)21-24-9-11-26(12-10-24)36-39-17-18-40-36/h1-14,22,25,35H,15-21,23H2,(H,39,40). The number of carbonyl (C=O) groups is 1. The summed E-state index contributed by atoms with van der Waals surface area (Å²) in [7, 11) is -4.20. The Morgan fingerprint density at radius 3 is 2.30 bits per heavy atom. The molecule has 1 unspecified atom stereocenters. The van der Waals surface area contributed by atoms with Crippen molar-refractivity contribution in [2.24, 2.45) is 10.9 Å². The molecule has 46 heavy (non-hydrogen) atoms. The number of fused-ring (bicyclic) bond motifs is 3. The number of sulfonamides is 1. The van der Waals surface area contributed by atoms with Crippen LogP contribution in [0.1, 0.15) is 35.6 Å². The van der Waals surface area contributed by atoms with Crippen LogP contribution >= 0.6 is 23.2 Å². The third-order valence-corrected chi connectivity index (χ3v) is 11.7. The summed E-state index contributed by atoms with van der Waals surface area (Å²) in [5, 5.41) is 3.72. The lowest BCUT2D eigenvalue weighted by molar-refractivity contribution is -0.121. The van der Waals surface area contributed by atoms with Crippen molar-refractivity contribution in [3.63, 3.8) is 0 Å². The van der Waals surface area contributed by atoms with Crippen LogP contribution in [0.4, 0.5) is 5.69 Å². The van der Waals surface area contributed by atoms with Crippen molar-refractivity contribution < 1.29 is 13.2 Å². The molecule has 0 aliphatic carbocycles. The fourth-order valence-electron chi connectivity index (χ4n) is 6.84. The molecule has 4 aromatic carbocycles. The fraction of sp³-hybridized carbons (Fsp3) is 0.278. The number of Topliss-reactive ketones (excluding diaryl/α,β-unsaturated/α-hetero) is 1. The number of rotatable bonds is 8. The van der Waals surface area contributed by atoms with Crippen LogP contribution in [0.3, 0.4) is 0 Å². The molecule has 0 radical (unpaired) electrons. The predicted octanol–water partition coefficient (Wildman–Crippen LogP) is 6.78. The van der Waals surface area contributed by atoms with Crippen LogP contribution in [0, 0.1) is 5.92 Å². The van der Waals surface area contributed by atoms with E-state index in [2.05, 4.69) is 39.5 Å². The van der Waals surface area contributed by atoms with E-state index in [0.29, 0.717) is 17.2 Å². The quantitative estimate of drug-likeness (QED) is 0.223. The summed E-state index contributed by atoms with van der Waals surface area (Å²) >= 11 is 12.4. The molecule has 3 heterocycles. The molecule has 3 aliphatic heterocycles. The van der Waals surface area contributed by atoms with E-state index in [9.17, 15) is 13.2 Å². The SMILES string of the molecule is O=C(CN1CCC(Cc2ccc(C3=NCCN3)cc2)CC1)C1c2ccccc2-c2ccccc2N1S(=O)(=O)c1ccc(Cl)c(Cl)c1.